The van der Waals surface area contributed by atoms with Crippen molar-refractivity contribution in [3.05, 3.63) is 35.1 Å². The fourth-order valence-corrected chi connectivity index (χ4v) is 1.66. The van der Waals surface area contributed by atoms with Crippen LogP contribution in [0.15, 0.2) is 29.5 Å². The number of hydrogen-bond acceptors (Lipinski definition) is 5. The Labute approximate surface area is 103 Å². The molecule has 0 bridgehead atoms. The number of aromatic nitrogens is 3. The molecule has 2 rings (SSSR count). The minimum atomic E-state index is -4.52. The maximum absolute atomic E-state index is 12.3. The zero-order valence-electron chi connectivity index (χ0n) is 8.72. The Kier molecular flexibility index (Phi) is 3.24. The summed E-state index contributed by atoms with van der Waals surface area (Å²) in [4.78, 5) is 7.56. The Morgan fingerprint density at radius 2 is 1.89 bits per heavy atom. The topological polar surface area (TPSA) is 77.0 Å². The summed E-state index contributed by atoms with van der Waals surface area (Å²) in [6, 6.07) is 3.18. The van der Waals surface area contributed by atoms with E-state index in [9.17, 15) is 13.2 Å². The largest absolute Gasteiger partial charge is 0.445 e. The lowest BCUT2D eigenvalue weighted by Gasteiger charge is -1.98. The molecule has 0 radical (unpaired) electrons. The second-order valence-corrected chi connectivity index (χ2v) is 4.08. The van der Waals surface area contributed by atoms with E-state index in [-0.39, 0.29) is 11.0 Å². The predicted octanol–water partition coefficient (Wildman–Crippen LogP) is 1.99. The fraction of sp³-hybridized carbons (Fsp3) is 0.111. The molecule has 5 nitrogen and oxygen atoms in total. The van der Waals surface area contributed by atoms with Crippen LogP contribution in [0.5, 0.6) is 0 Å². The highest BCUT2D eigenvalue weighted by atomic mass is 32.1. The summed E-state index contributed by atoms with van der Waals surface area (Å²) < 4.78 is 36.8. The van der Waals surface area contributed by atoms with Gasteiger partial charge in [-0.2, -0.15) is 13.2 Å². The molecule has 2 N–H and O–H groups in total. The molecule has 0 saturated carbocycles. The van der Waals surface area contributed by atoms with Crippen molar-refractivity contribution in [2.24, 2.45) is 10.7 Å². The van der Waals surface area contributed by atoms with Crippen LogP contribution in [0.25, 0.3) is 0 Å². The second-order valence-electron chi connectivity index (χ2n) is 3.12. The molecule has 9 heteroatoms. The molecular formula is C9H6F3N5S. The van der Waals surface area contributed by atoms with Gasteiger partial charge >= 0.3 is 6.18 Å². The first kappa shape index (κ1) is 12.4. The maximum atomic E-state index is 12.3. The minimum Gasteiger partial charge on any atom is -0.383 e. The summed E-state index contributed by atoms with van der Waals surface area (Å²) in [7, 11) is 0. The lowest BCUT2D eigenvalue weighted by atomic mass is 10.2. The molecule has 0 aliphatic carbocycles. The van der Waals surface area contributed by atoms with E-state index in [4.69, 9.17) is 5.73 Å². The van der Waals surface area contributed by atoms with E-state index >= 15 is 0 Å². The molecular weight excluding hydrogens is 267 g/mol. The van der Waals surface area contributed by atoms with Gasteiger partial charge in [0.1, 0.15) is 5.84 Å². The van der Waals surface area contributed by atoms with E-state index in [2.05, 4.69) is 20.2 Å². The van der Waals surface area contributed by atoms with Crippen molar-refractivity contribution in [3.63, 3.8) is 0 Å². The zero-order valence-corrected chi connectivity index (χ0v) is 9.53. The lowest BCUT2D eigenvalue weighted by Crippen LogP contribution is -2.12. The molecule has 0 aliphatic heterocycles. The van der Waals surface area contributed by atoms with Gasteiger partial charge in [0, 0.05) is 18.0 Å². The van der Waals surface area contributed by atoms with Crippen LogP contribution in [-0.2, 0) is 6.18 Å². The number of rotatable bonds is 2. The number of nitrogens with zero attached hydrogens (tertiary/aromatic N) is 4. The average molecular weight is 273 g/mol. The molecule has 2 aromatic rings. The molecule has 0 atom stereocenters. The normalized spacial score (nSPS) is 12.7. The highest BCUT2D eigenvalue weighted by molar-refractivity contribution is 7.15. The Morgan fingerprint density at radius 3 is 2.44 bits per heavy atom. The molecule has 94 valence electrons. The number of aliphatic imine (C=N–C) groups is 1. The first-order valence-corrected chi connectivity index (χ1v) is 5.44. The standard InChI is InChI=1S/C9H6F3N5S/c10-9(11,12)7-16-17-8(18-7)15-6(13)5-1-3-14-4-2-5/h1-4H,(H2,13,15,17). The van der Waals surface area contributed by atoms with Crippen LogP contribution in [-0.4, -0.2) is 21.0 Å². The fourth-order valence-electron chi connectivity index (χ4n) is 1.07. The van der Waals surface area contributed by atoms with Crippen molar-refractivity contribution in [2.75, 3.05) is 0 Å². The predicted molar refractivity (Wildman–Crippen MR) is 59.5 cm³/mol. The van der Waals surface area contributed by atoms with Crippen molar-refractivity contribution in [1.82, 2.24) is 15.2 Å². The second kappa shape index (κ2) is 4.69. The van der Waals surface area contributed by atoms with Crippen LogP contribution in [0.1, 0.15) is 10.6 Å². The number of halogens is 3. The molecule has 18 heavy (non-hydrogen) atoms. The summed E-state index contributed by atoms with van der Waals surface area (Å²) in [5.41, 5.74) is 6.17. The third-order valence-corrected chi connectivity index (χ3v) is 2.71. The van der Waals surface area contributed by atoms with Gasteiger partial charge < -0.3 is 5.73 Å². The first-order valence-electron chi connectivity index (χ1n) is 4.62. The van der Waals surface area contributed by atoms with Crippen LogP contribution >= 0.6 is 11.3 Å². The van der Waals surface area contributed by atoms with Crippen LogP contribution in [0.3, 0.4) is 0 Å². The summed E-state index contributed by atoms with van der Waals surface area (Å²) in [5.74, 6) is 0.0577. The van der Waals surface area contributed by atoms with Gasteiger partial charge in [-0.3, -0.25) is 4.98 Å². The first-order chi connectivity index (χ1) is 8.47. The number of alkyl halides is 3. The van der Waals surface area contributed by atoms with Crippen molar-refractivity contribution >= 4 is 22.3 Å². The number of hydrogen-bond donors (Lipinski definition) is 1. The molecule has 0 saturated heterocycles. The van der Waals surface area contributed by atoms with Gasteiger partial charge in [-0.05, 0) is 12.1 Å². The summed E-state index contributed by atoms with van der Waals surface area (Å²) in [6.45, 7) is 0. The number of amidine groups is 1. The number of pyridine rings is 1. The van der Waals surface area contributed by atoms with Gasteiger partial charge in [-0.15, -0.1) is 10.2 Å². The van der Waals surface area contributed by atoms with Crippen molar-refractivity contribution in [1.29, 1.82) is 0 Å². The van der Waals surface area contributed by atoms with Crippen LogP contribution in [0.2, 0.25) is 0 Å². The Hall–Kier alpha value is -2.03. The Balaban J connectivity index is 2.26. The van der Waals surface area contributed by atoms with Gasteiger partial charge in [0.15, 0.2) is 0 Å². The molecule has 0 aromatic carbocycles. The molecule has 0 fully saturated rings. The quantitative estimate of drug-likeness (QED) is 0.670. The Morgan fingerprint density at radius 1 is 1.22 bits per heavy atom. The maximum Gasteiger partial charge on any atom is 0.445 e. The van der Waals surface area contributed by atoms with Gasteiger partial charge in [0.25, 0.3) is 0 Å². The van der Waals surface area contributed by atoms with Crippen LogP contribution < -0.4 is 5.73 Å². The van der Waals surface area contributed by atoms with Gasteiger partial charge in [0.05, 0.1) is 0 Å². The molecule has 0 spiro atoms. The molecule has 2 aromatic heterocycles. The third kappa shape index (κ3) is 2.80. The van der Waals surface area contributed by atoms with Crippen molar-refractivity contribution in [2.45, 2.75) is 6.18 Å². The number of nitrogens with two attached hydrogens (primary N) is 1. The zero-order chi connectivity index (χ0) is 13.2. The summed E-state index contributed by atoms with van der Waals surface area (Å²) >= 11 is 0.332. The molecule has 0 unspecified atom stereocenters. The Bertz CT molecular complexity index is 563. The minimum absolute atomic E-state index is 0.0577. The van der Waals surface area contributed by atoms with Gasteiger partial charge in [-0.25, -0.2) is 4.99 Å². The van der Waals surface area contributed by atoms with Crippen molar-refractivity contribution < 1.29 is 13.2 Å². The van der Waals surface area contributed by atoms with E-state index in [1.807, 2.05) is 0 Å². The van der Waals surface area contributed by atoms with E-state index in [0.717, 1.165) is 0 Å². The van der Waals surface area contributed by atoms with Crippen molar-refractivity contribution in [3.8, 4) is 0 Å². The average Bonchev–Trinajstić information content (AvgIpc) is 2.78. The highest BCUT2D eigenvalue weighted by Gasteiger charge is 2.35. The van der Waals surface area contributed by atoms with E-state index < -0.39 is 11.2 Å². The lowest BCUT2D eigenvalue weighted by molar-refractivity contribution is -0.138. The van der Waals surface area contributed by atoms with Crippen LogP contribution in [0, 0.1) is 0 Å². The SMILES string of the molecule is N/C(=N\c1nnc(C(F)(F)F)s1)c1ccncc1. The van der Waals surface area contributed by atoms with E-state index in [1.165, 1.54) is 12.4 Å². The van der Waals surface area contributed by atoms with Gasteiger partial charge in [0.2, 0.25) is 10.1 Å². The van der Waals surface area contributed by atoms with Crippen LogP contribution in [0.4, 0.5) is 18.3 Å². The highest BCUT2D eigenvalue weighted by Crippen LogP contribution is 2.33. The molecule has 0 aliphatic rings. The third-order valence-electron chi connectivity index (χ3n) is 1.85. The van der Waals surface area contributed by atoms with E-state index in [1.54, 1.807) is 12.1 Å². The smallest absolute Gasteiger partial charge is 0.383 e. The summed E-state index contributed by atoms with van der Waals surface area (Å²) in [6.07, 6.45) is -1.52. The molecule has 2 heterocycles. The van der Waals surface area contributed by atoms with Gasteiger partial charge in [-0.1, -0.05) is 11.3 Å². The molecule has 0 amide bonds. The van der Waals surface area contributed by atoms with E-state index in [0.29, 0.717) is 16.9 Å². The monoisotopic (exact) mass is 273 g/mol. The summed E-state index contributed by atoms with van der Waals surface area (Å²) in [5, 5.41) is 5.12.